The van der Waals surface area contributed by atoms with Gasteiger partial charge in [-0.1, -0.05) is 30.3 Å². The van der Waals surface area contributed by atoms with Crippen molar-refractivity contribution in [3.8, 4) is 0 Å². The van der Waals surface area contributed by atoms with E-state index in [1.807, 2.05) is 30.3 Å². The molecule has 0 fully saturated rings. The molecular formula is C26H27NO6. The van der Waals surface area contributed by atoms with Crippen LogP contribution in [-0.4, -0.2) is 30.9 Å². The molecule has 1 aromatic carbocycles. The van der Waals surface area contributed by atoms with E-state index in [9.17, 15) is 14.4 Å². The van der Waals surface area contributed by atoms with Gasteiger partial charge in [-0.05, 0) is 44.9 Å². The van der Waals surface area contributed by atoms with Crippen molar-refractivity contribution < 1.29 is 28.3 Å². The molecule has 0 saturated carbocycles. The minimum Gasteiger partial charge on any atom is -0.469 e. The summed E-state index contributed by atoms with van der Waals surface area (Å²) >= 11 is 0. The molecule has 2 heterocycles. The highest BCUT2D eigenvalue weighted by atomic mass is 16.5. The summed E-state index contributed by atoms with van der Waals surface area (Å²) in [7, 11) is 0. The highest BCUT2D eigenvalue weighted by Crippen LogP contribution is 2.48. The molecule has 7 heteroatoms. The summed E-state index contributed by atoms with van der Waals surface area (Å²) in [4.78, 5) is 39.9. The fraction of sp³-hybridized carbons (Fsp3) is 0.346. The number of hydrogen-bond acceptors (Lipinski definition) is 7. The zero-order chi connectivity index (χ0) is 23.5. The Labute approximate surface area is 192 Å². The fourth-order valence-corrected chi connectivity index (χ4v) is 4.77. The lowest BCUT2D eigenvalue weighted by molar-refractivity contribution is -0.152. The van der Waals surface area contributed by atoms with E-state index in [1.54, 1.807) is 32.9 Å². The normalized spacial score (nSPS) is 22.5. The van der Waals surface area contributed by atoms with Gasteiger partial charge in [0.25, 0.3) is 0 Å². The van der Waals surface area contributed by atoms with E-state index >= 15 is 0 Å². The van der Waals surface area contributed by atoms with Crippen LogP contribution in [0.2, 0.25) is 0 Å². The summed E-state index contributed by atoms with van der Waals surface area (Å²) in [5.41, 5.74) is 2.86. The van der Waals surface area contributed by atoms with Crippen LogP contribution in [0.1, 0.15) is 50.4 Å². The Morgan fingerprint density at radius 3 is 2.42 bits per heavy atom. The van der Waals surface area contributed by atoms with Crippen LogP contribution in [0.5, 0.6) is 0 Å². The molecule has 0 amide bonds. The zero-order valence-corrected chi connectivity index (χ0v) is 18.9. The van der Waals surface area contributed by atoms with Crippen LogP contribution in [0.15, 0.2) is 75.7 Å². The Morgan fingerprint density at radius 1 is 1.06 bits per heavy atom. The van der Waals surface area contributed by atoms with Crippen molar-refractivity contribution in [1.29, 1.82) is 0 Å². The molecule has 0 radical (unpaired) electrons. The van der Waals surface area contributed by atoms with Crippen molar-refractivity contribution in [1.82, 2.24) is 5.32 Å². The molecule has 2 aliphatic rings. The SMILES string of the molecule is CCOC(=O)C1=C(C)NC2=C(C(=O)C(C(=O)OCC)C(c3ccco3)C2)C1c1ccccc1. The topological polar surface area (TPSA) is 94.8 Å². The molecule has 7 nitrogen and oxygen atoms in total. The van der Waals surface area contributed by atoms with Gasteiger partial charge in [0.15, 0.2) is 5.78 Å². The zero-order valence-electron chi connectivity index (χ0n) is 18.9. The number of dihydropyridines is 1. The number of carbonyl (C=O) groups is 3. The number of esters is 2. The van der Waals surface area contributed by atoms with Crippen molar-refractivity contribution in [2.24, 2.45) is 5.92 Å². The van der Waals surface area contributed by atoms with Gasteiger partial charge in [-0.2, -0.15) is 0 Å². The minimum absolute atomic E-state index is 0.160. The Bertz CT molecular complexity index is 1110. The molecule has 2 aromatic rings. The first-order valence-corrected chi connectivity index (χ1v) is 11.1. The highest BCUT2D eigenvalue weighted by Gasteiger charge is 2.49. The number of benzene rings is 1. The molecule has 0 saturated heterocycles. The van der Waals surface area contributed by atoms with Gasteiger partial charge in [0.2, 0.25) is 0 Å². The van der Waals surface area contributed by atoms with Crippen LogP contribution in [0.4, 0.5) is 0 Å². The summed E-state index contributed by atoms with van der Waals surface area (Å²) in [6.07, 6.45) is 1.89. The van der Waals surface area contributed by atoms with Gasteiger partial charge in [0.1, 0.15) is 11.7 Å². The van der Waals surface area contributed by atoms with Crippen LogP contribution in [-0.2, 0) is 23.9 Å². The summed E-state index contributed by atoms with van der Waals surface area (Å²) < 4.78 is 16.2. The Hall–Kier alpha value is -3.61. The first-order valence-electron chi connectivity index (χ1n) is 11.1. The monoisotopic (exact) mass is 449 g/mol. The number of furan rings is 1. The molecule has 33 heavy (non-hydrogen) atoms. The van der Waals surface area contributed by atoms with E-state index in [1.165, 1.54) is 6.26 Å². The largest absolute Gasteiger partial charge is 0.469 e. The lowest BCUT2D eigenvalue weighted by atomic mass is 9.68. The van der Waals surface area contributed by atoms with Crippen molar-refractivity contribution in [3.63, 3.8) is 0 Å². The standard InChI is InChI=1S/C26H27NO6/c1-4-31-25(29)20-15(3)27-18-14-17(19-12-9-13-33-19)22(26(30)32-5-2)24(28)23(18)21(20)16-10-7-6-8-11-16/h6-13,17,21-22,27H,4-5,14H2,1-3H3. The molecule has 172 valence electrons. The molecule has 0 spiro atoms. The molecule has 0 bridgehead atoms. The summed E-state index contributed by atoms with van der Waals surface area (Å²) in [6, 6.07) is 12.8. The number of Topliss-reactive ketones (excluding diaryl/α,β-unsaturated/α-hetero) is 1. The fourth-order valence-electron chi connectivity index (χ4n) is 4.77. The second kappa shape index (κ2) is 9.48. The number of carbonyl (C=O) groups excluding carboxylic acids is 3. The Kier molecular flexibility index (Phi) is 6.49. The molecule has 3 atom stereocenters. The molecule has 4 rings (SSSR count). The minimum atomic E-state index is -1.07. The van der Waals surface area contributed by atoms with E-state index in [0.717, 1.165) is 5.56 Å². The van der Waals surface area contributed by atoms with Crippen molar-refractivity contribution >= 4 is 17.7 Å². The lowest BCUT2D eigenvalue weighted by Gasteiger charge is -2.38. The maximum absolute atomic E-state index is 14.0. The molecule has 1 aliphatic heterocycles. The number of nitrogens with one attached hydrogen (secondary N) is 1. The average molecular weight is 450 g/mol. The predicted octanol–water partition coefficient (Wildman–Crippen LogP) is 3.99. The first-order chi connectivity index (χ1) is 16.0. The third-order valence-corrected chi connectivity index (χ3v) is 6.10. The maximum Gasteiger partial charge on any atom is 0.336 e. The van der Waals surface area contributed by atoms with Crippen LogP contribution in [0.25, 0.3) is 0 Å². The number of rotatable bonds is 6. The molecule has 3 unspecified atom stereocenters. The molecular weight excluding hydrogens is 422 g/mol. The smallest absolute Gasteiger partial charge is 0.336 e. The van der Waals surface area contributed by atoms with Crippen LogP contribution in [0.3, 0.4) is 0 Å². The maximum atomic E-state index is 14.0. The van der Waals surface area contributed by atoms with Gasteiger partial charge >= 0.3 is 11.9 Å². The van der Waals surface area contributed by atoms with Crippen molar-refractivity contribution in [2.45, 2.75) is 39.0 Å². The van der Waals surface area contributed by atoms with E-state index in [4.69, 9.17) is 13.9 Å². The second-order valence-electron chi connectivity index (χ2n) is 8.04. The number of allylic oxidation sites excluding steroid dienone is 3. The molecule has 1 aliphatic carbocycles. The van der Waals surface area contributed by atoms with Crippen LogP contribution >= 0.6 is 0 Å². The van der Waals surface area contributed by atoms with Gasteiger partial charge < -0.3 is 19.2 Å². The van der Waals surface area contributed by atoms with Gasteiger partial charge in [-0.15, -0.1) is 0 Å². The molecule has 1 N–H and O–H groups in total. The van der Waals surface area contributed by atoms with Gasteiger partial charge in [-0.25, -0.2) is 4.79 Å². The third-order valence-electron chi connectivity index (χ3n) is 6.10. The highest BCUT2D eigenvalue weighted by molar-refractivity contribution is 6.13. The number of ether oxygens (including phenoxy) is 2. The number of hydrogen-bond donors (Lipinski definition) is 1. The summed E-state index contributed by atoms with van der Waals surface area (Å²) in [6.45, 7) is 5.62. The van der Waals surface area contributed by atoms with E-state index < -0.39 is 29.7 Å². The number of ketones is 1. The van der Waals surface area contributed by atoms with Gasteiger partial charge in [-0.3, -0.25) is 9.59 Å². The van der Waals surface area contributed by atoms with Crippen LogP contribution < -0.4 is 5.32 Å². The summed E-state index contributed by atoms with van der Waals surface area (Å²) in [5.74, 6) is -3.13. The third kappa shape index (κ3) is 4.11. The van der Waals surface area contributed by atoms with Gasteiger partial charge in [0, 0.05) is 28.8 Å². The van der Waals surface area contributed by atoms with E-state index in [0.29, 0.717) is 34.7 Å². The van der Waals surface area contributed by atoms with E-state index in [2.05, 4.69) is 5.32 Å². The van der Waals surface area contributed by atoms with E-state index in [-0.39, 0.29) is 19.0 Å². The summed E-state index contributed by atoms with van der Waals surface area (Å²) in [5, 5.41) is 3.27. The van der Waals surface area contributed by atoms with Crippen molar-refractivity contribution in [3.05, 3.63) is 82.6 Å². The first kappa shape index (κ1) is 22.6. The quantitative estimate of drug-likeness (QED) is 0.526. The van der Waals surface area contributed by atoms with Crippen LogP contribution in [0, 0.1) is 5.92 Å². The molecule has 1 aromatic heterocycles. The lowest BCUT2D eigenvalue weighted by Crippen LogP contribution is -2.43. The average Bonchev–Trinajstić information content (AvgIpc) is 3.33. The van der Waals surface area contributed by atoms with Gasteiger partial charge in [0.05, 0.1) is 25.1 Å². The predicted molar refractivity (Wildman–Crippen MR) is 120 cm³/mol. The second-order valence-corrected chi connectivity index (χ2v) is 8.04. The Balaban J connectivity index is 1.87. The van der Waals surface area contributed by atoms with Crippen molar-refractivity contribution in [2.75, 3.05) is 13.2 Å². The Morgan fingerprint density at radius 2 is 1.79 bits per heavy atom.